The summed E-state index contributed by atoms with van der Waals surface area (Å²) in [6.45, 7) is 5.04. The van der Waals surface area contributed by atoms with E-state index in [1.807, 2.05) is 13.8 Å². The molecule has 3 rings (SSSR count). The van der Waals surface area contributed by atoms with Gasteiger partial charge < -0.3 is 20.9 Å². The number of anilines is 1. The van der Waals surface area contributed by atoms with Crippen LogP contribution in [0.1, 0.15) is 67.8 Å². The van der Waals surface area contributed by atoms with E-state index < -0.39 is 0 Å². The summed E-state index contributed by atoms with van der Waals surface area (Å²) >= 11 is 0. The number of nitrogens with one attached hydrogen (secondary N) is 3. The molecule has 1 heterocycles. The summed E-state index contributed by atoms with van der Waals surface area (Å²) in [5.74, 6) is 0.0944. The Balaban J connectivity index is 1.50. The molecule has 29 heavy (non-hydrogen) atoms. The molecule has 0 unspecified atom stereocenters. The van der Waals surface area contributed by atoms with Crippen LogP contribution in [0.5, 0.6) is 0 Å². The van der Waals surface area contributed by atoms with Gasteiger partial charge in [0.2, 0.25) is 5.91 Å². The molecule has 7 heteroatoms. The van der Waals surface area contributed by atoms with Crippen LogP contribution in [0.4, 0.5) is 10.5 Å². The molecule has 0 radical (unpaired) electrons. The minimum Gasteiger partial charge on any atom is -0.349 e. The van der Waals surface area contributed by atoms with E-state index in [9.17, 15) is 14.4 Å². The minimum absolute atomic E-state index is 0.0556. The summed E-state index contributed by atoms with van der Waals surface area (Å²) in [7, 11) is 0. The number of amides is 4. The Kier molecular flexibility index (Phi) is 7.12. The zero-order valence-corrected chi connectivity index (χ0v) is 17.4. The van der Waals surface area contributed by atoms with Crippen molar-refractivity contribution >= 4 is 23.5 Å². The fourth-order valence-electron chi connectivity index (χ4n) is 4.12. The quantitative estimate of drug-likeness (QED) is 0.685. The van der Waals surface area contributed by atoms with Gasteiger partial charge in [-0.15, -0.1) is 0 Å². The second-order valence-corrected chi connectivity index (χ2v) is 8.28. The van der Waals surface area contributed by atoms with Crippen LogP contribution in [0.15, 0.2) is 18.2 Å². The molecule has 2 aliphatic rings. The summed E-state index contributed by atoms with van der Waals surface area (Å²) in [6, 6.07) is 5.13. The third-order valence-electron chi connectivity index (χ3n) is 5.72. The van der Waals surface area contributed by atoms with Crippen molar-refractivity contribution in [1.82, 2.24) is 15.5 Å². The van der Waals surface area contributed by atoms with Gasteiger partial charge in [0.25, 0.3) is 5.91 Å². The molecule has 7 nitrogen and oxygen atoms in total. The molecule has 4 amide bonds. The van der Waals surface area contributed by atoms with Crippen molar-refractivity contribution in [2.24, 2.45) is 0 Å². The molecule has 1 aromatic carbocycles. The number of rotatable bonds is 6. The molecule has 1 aliphatic carbocycles. The van der Waals surface area contributed by atoms with Crippen LogP contribution < -0.4 is 16.0 Å². The molecule has 1 aliphatic heterocycles. The van der Waals surface area contributed by atoms with Gasteiger partial charge in [0.05, 0.1) is 0 Å². The molecule has 0 aromatic heterocycles. The maximum Gasteiger partial charge on any atom is 0.319 e. The van der Waals surface area contributed by atoms with Crippen molar-refractivity contribution in [2.45, 2.75) is 70.9 Å². The van der Waals surface area contributed by atoms with E-state index in [4.69, 9.17) is 0 Å². The zero-order chi connectivity index (χ0) is 20.8. The van der Waals surface area contributed by atoms with Crippen molar-refractivity contribution < 1.29 is 14.4 Å². The Hall–Kier alpha value is -2.57. The minimum atomic E-state index is -0.313. The van der Waals surface area contributed by atoms with E-state index in [1.54, 1.807) is 23.1 Å². The van der Waals surface area contributed by atoms with E-state index in [0.717, 1.165) is 31.4 Å². The molecule has 1 atom stereocenters. The number of benzene rings is 1. The molecule has 1 saturated carbocycles. The molecule has 1 aromatic rings. The average molecular weight is 401 g/mol. The van der Waals surface area contributed by atoms with E-state index in [-0.39, 0.29) is 29.9 Å². The van der Waals surface area contributed by atoms with Crippen molar-refractivity contribution in [3.63, 3.8) is 0 Å². The molecule has 3 N–H and O–H groups in total. The first-order valence-electron chi connectivity index (χ1n) is 10.7. The van der Waals surface area contributed by atoms with Crippen molar-refractivity contribution in [1.29, 1.82) is 0 Å². The van der Waals surface area contributed by atoms with Crippen LogP contribution in [0.25, 0.3) is 0 Å². The molecule has 158 valence electrons. The Morgan fingerprint density at radius 3 is 2.59 bits per heavy atom. The highest BCUT2D eigenvalue weighted by Crippen LogP contribution is 2.20. The predicted molar refractivity (Wildman–Crippen MR) is 113 cm³/mol. The molecular formula is C22H32N4O3. The van der Waals surface area contributed by atoms with Gasteiger partial charge in [0, 0.05) is 42.8 Å². The third kappa shape index (κ3) is 5.95. The molecule has 0 spiro atoms. The summed E-state index contributed by atoms with van der Waals surface area (Å²) in [5.41, 5.74) is 2.11. The SMILES string of the molecule is Cc1cc(C(=O)NC2CCCCC2)ccc1NC(=O)N[C@H](C)CN1CCCC1=O. The van der Waals surface area contributed by atoms with Crippen LogP contribution in [0, 0.1) is 6.92 Å². The first kappa shape index (κ1) is 21.1. The second-order valence-electron chi connectivity index (χ2n) is 8.28. The number of hydrogen-bond donors (Lipinski definition) is 3. The molecule has 1 saturated heterocycles. The van der Waals surface area contributed by atoms with Crippen LogP contribution in [0.3, 0.4) is 0 Å². The standard InChI is InChI=1S/C22H32N4O3/c1-15-13-17(21(28)24-18-7-4-3-5-8-18)10-11-19(15)25-22(29)23-16(2)14-26-12-6-9-20(26)27/h10-11,13,16,18H,3-9,12,14H2,1-2H3,(H,24,28)(H2,23,25,29)/t16-/m1/s1. The first-order chi connectivity index (χ1) is 13.9. The number of urea groups is 1. The van der Waals surface area contributed by atoms with Crippen LogP contribution in [-0.4, -0.2) is 47.9 Å². The Morgan fingerprint density at radius 2 is 1.93 bits per heavy atom. The van der Waals surface area contributed by atoms with Gasteiger partial charge in [-0.3, -0.25) is 9.59 Å². The van der Waals surface area contributed by atoms with Gasteiger partial charge in [0.1, 0.15) is 0 Å². The summed E-state index contributed by atoms with van der Waals surface area (Å²) in [5, 5.41) is 8.83. The van der Waals surface area contributed by atoms with Gasteiger partial charge in [-0.05, 0) is 56.9 Å². The molecule has 2 fully saturated rings. The third-order valence-corrected chi connectivity index (χ3v) is 5.72. The largest absolute Gasteiger partial charge is 0.349 e. The highest BCUT2D eigenvalue weighted by molar-refractivity contribution is 5.96. The molecular weight excluding hydrogens is 368 g/mol. The van der Waals surface area contributed by atoms with E-state index in [2.05, 4.69) is 16.0 Å². The first-order valence-corrected chi connectivity index (χ1v) is 10.7. The normalized spacial score (nSPS) is 18.4. The fourth-order valence-corrected chi connectivity index (χ4v) is 4.12. The molecule has 0 bridgehead atoms. The lowest BCUT2D eigenvalue weighted by Gasteiger charge is -2.23. The van der Waals surface area contributed by atoms with E-state index >= 15 is 0 Å². The van der Waals surface area contributed by atoms with E-state index in [1.165, 1.54) is 19.3 Å². The number of carbonyl (C=O) groups is 3. The van der Waals surface area contributed by atoms with Gasteiger partial charge >= 0.3 is 6.03 Å². The van der Waals surface area contributed by atoms with Gasteiger partial charge in [-0.25, -0.2) is 4.79 Å². The number of aryl methyl sites for hydroxylation is 1. The smallest absolute Gasteiger partial charge is 0.319 e. The van der Waals surface area contributed by atoms with Gasteiger partial charge in [0.15, 0.2) is 0 Å². The zero-order valence-electron chi connectivity index (χ0n) is 17.4. The number of hydrogen-bond acceptors (Lipinski definition) is 3. The predicted octanol–water partition coefficient (Wildman–Crippen LogP) is 3.19. The monoisotopic (exact) mass is 400 g/mol. The van der Waals surface area contributed by atoms with Crippen LogP contribution in [0.2, 0.25) is 0 Å². The van der Waals surface area contributed by atoms with Crippen LogP contribution >= 0.6 is 0 Å². The lowest BCUT2D eigenvalue weighted by Crippen LogP contribution is -2.44. The maximum absolute atomic E-state index is 12.5. The lowest BCUT2D eigenvalue weighted by atomic mass is 9.95. The fraction of sp³-hybridized carbons (Fsp3) is 0.591. The Bertz CT molecular complexity index is 758. The van der Waals surface area contributed by atoms with Crippen molar-refractivity contribution in [3.05, 3.63) is 29.3 Å². The van der Waals surface area contributed by atoms with Gasteiger partial charge in [-0.1, -0.05) is 19.3 Å². The number of nitrogens with zero attached hydrogens (tertiary/aromatic N) is 1. The Morgan fingerprint density at radius 1 is 1.17 bits per heavy atom. The topological polar surface area (TPSA) is 90.5 Å². The van der Waals surface area contributed by atoms with E-state index in [0.29, 0.717) is 24.2 Å². The highest BCUT2D eigenvalue weighted by atomic mass is 16.2. The second kappa shape index (κ2) is 9.76. The summed E-state index contributed by atoms with van der Waals surface area (Å²) < 4.78 is 0. The Labute approximate surface area is 172 Å². The average Bonchev–Trinajstić information content (AvgIpc) is 3.08. The van der Waals surface area contributed by atoms with Crippen molar-refractivity contribution in [2.75, 3.05) is 18.4 Å². The number of likely N-dealkylation sites (tertiary alicyclic amines) is 1. The summed E-state index contributed by atoms with van der Waals surface area (Å²) in [4.78, 5) is 38.3. The maximum atomic E-state index is 12.5. The summed E-state index contributed by atoms with van der Waals surface area (Å²) in [6.07, 6.45) is 7.17. The van der Waals surface area contributed by atoms with Gasteiger partial charge in [-0.2, -0.15) is 0 Å². The van der Waals surface area contributed by atoms with Crippen LogP contribution in [-0.2, 0) is 4.79 Å². The van der Waals surface area contributed by atoms with Crippen molar-refractivity contribution in [3.8, 4) is 0 Å². The number of carbonyl (C=O) groups excluding carboxylic acids is 3. The highest BCUT2D eigenvalue weighted by Gasteiger charge is 2.22. The lowest BCUT2D eigenvalue weighted by molar-refractivity contribution is -0.127.